The minimum atomic E-state index is -0.370. The Bertz CT molecular complexity index is 353. The predicted molar refractivity (Wildman–Crippen MR) is 49.9 cm³/mol. The molecule has 0 saturated heterocycles. The Labute approximate surface area is 76.0 Å². The van der Waals surface area contributed by atoms with E-state index in [0.29, 0.717) is 11.8 Å². The Hall–Kier alpha value is -1.77. The lowest BCUT2D eigenvalue weighted by Crippen LogP contribution is -1.87. The number of hydrogen-bond acceptors (Lipinski definition) is 3. The summed E-state index contributed by atoms with van der Waals surface area (Å²) in [7, 11) is 0. The maximum atomic E-state index is 10.6. The Morgan fingerprint density at radius 1 is 1.31 bits per heavy atom. The van der Waals surface area contributed by atoms with Gasteiger partial charge in [0, 0.05) is 0 Å². The molecule has 0 aliphatic rings. The maximum Gasteiger partial charge on any atom is 0.168 e. The molecule has 0 atom stereocenters. The van der Waals surface area contributed by atoms with Gasteiger partial charge in [-0.1, -0.05) is 18.2 Å². The van der Waals surface area contributed by atoms with Crippen LogP contribution >= 0.6 is 0 Å². The molecular formula is C10H10O3. The van der Waals surface area contributed by atoms with E-state index in [1.807, 2.05) is 0 Å². The van der Waals surface area contributed by atoms with Gasteiger partial charge in [0.25, 0.3) is 0 Å². The van der Waals surface area contributed by atoms with E-state index in [-0.39, 0.29) is 17.1 Å². The average Bonchev–Trinajstić information content (AvgIpc) is 2.12. The van der Waals surface area contributed by atoms with E-state index < -0.39 is 0 Å². The molecule has 0 fully saturated rings. The highest BCUT2D eigenvalue weighted by molar-refractivity contribution is 5.87. The minimum absolute atomic E-state index is 0.109. The number of carbonyl (C=O) groups is 1. The summed E-state index contributed by atoms with van der Waals surface area (Å²) in [6.45, 7) is 1.80. The molecular weight excluding hydrogens is 168 g/mol. The average molecular weight is 178 g/mol. The van der Waals surface area contributed by atoms with Crippen LogP contribution in [0.2, 0.25) is 0 Å². The van der Waals surface area contributed by atoms with Crippen molar-refractivity contribution in [2.45, 2.75) is 6.92 Å². The van der Waals surface area contributed by atoms with Gasteiger partial charge in [0.1, 0.15) is 0 Å². The minimum Gasteiger partial charge on any atom is -0.504 e. The van der Waals surface area contributed by atoms with Crippen molar-refractivity contribution in [2.24, 2.45) is 0 Å². The van der Waals surface area contributed by atoms with Gasteiger partial charge in [-0.15, -0.1) is 0 Å². The first-order chi connectivity index (χ1) is 6.20. The van der Waals surface area contributed by atoms with E-state index in [4.69, 9.17) is 5.11 Å². The van der Waals surface area contributed by atoms with Gasteiger partial charge in [0.15, 0.2) is 17.8 Å². The summed E-state index contributed by atoms with van der Waals surface area (Å²) >= 11 is 0. The summed E-state index contributed by atoms with van der Waals surface area (Å²) in [5.74, 6) is -0.652. The molecule has 1 aromatic carbocycles. The van der Waals surface area contributed by atoms with Crippen molar-refractivity contribution in [3.8, 4) is 11.5 Å². The van der Waals surface area contributed by atoms with Gasteiger partial charge >= 0.3 is 0 Å². The normalized spacial score (nSPS) is 10.5. The molecule has 2 N–H and O–H groups in total. The Balaban J connectivity index is 3.37. The quantitative estimate of drug-likeness (QED) is 0.537. The fourth-order valence-corrected chi connectivity index (χ4v) is 1.06. The monoisotopic (exact) mass is 178 g/mol. The van der Waals surface area contributed by atoms with E-state index in [2.05, 4.69) is 0 Å². The zero-order valence-corrected chi connectivity index (χ0v) is 7.19. The molecule has 0 saturated carbocycles. The molecule has 0 bridgehead atoms. The number of phenolic OH excluding ortho intramolecular Hbond substituents is 2. The van der Waals surface area contributed by atoms with Gasteiger partial charge in [-0.05, 0) is 18.6 Å². The van der Waals surface area contributed by atoms with Crippen molar-refractivity contribution in [3.05, 3.63) is 29.3 Å². The van der Waals surface area contributed by atoms with Crippen LogP contribution in [0.4, 0.5) is 0 Å². The maximum absolute atomic E-state index is 10.6. The Morgan fingerprint density at radius 3 is 2.54 bits per heavy atom. The third-order valence-corrected chi connectivity index (χ3v) is 1.69. The third kappa shape index (κ3) is 1.69. The summed E-state index contributed by atoms with van der Waals surface area (Å²) < 4.78 is 0. The predicted octanol–water partition coefficient (Wildman–Crippen LogP) is 1.94. The third-order valence-electron chi connectivity index (χ3n) is 1.69. The first-order valence-corrected chi connectivity index (χ1v) is 3.83. The molecule has 68 valence electrons. The topological polar surface area (TPSA) is 57.5 Å². The van der Waals surface area contributed by atoms with E-state index in [0.717, 1.165) is 0 Å². The fourth-order valence-electron chi connectivity index (χ4n) is 1.06. The number of phenols is 2. The van der Waals surface area contributed by atoms with Crippen LogP contribution in [0.15, 0.2) is 18.2 Å². The molecule has 0 unspecified atom stereocenters. The molecule has 1 rings (SSSR count). The van der Waals surface area contributed by atoms with E-state index >= 15 is 0 Å². The lowest BCUT2D eigenvalue weighted by atomic mass is 10.1. The molecule has 0 heterocycles. The summed E-state index contributed by atoms with van der Waals surface area (Å²) in [6.07, 6.45) is 3.95. The summed E-state index contributed by atoms with van der Waals surface area (Å²) in [5, 5.41) is 18.4. The molecule has 0 amide bonds. The van der Waals surface area contributed by atoms with E-state index in [1.54, 1.807) is 25.1 Å². The number of carbonyl (C=O) groups excluding carboxylic acids is 1. The number of hydrogen-bond donors (Lipinski definition) is 2. The van der Waals surface area contributed by atoms with Crippen molar-refractivity contribution in [1.29, 1.82) is 0 Å². The SMILES string of the molecule is C/C=C/c1ccc(O)c(O)c1C=O. The summed E-state index contributed by atoms with van der Waals surface area (Å²) in [5.41, 5.74) is 0.700. The van der Waals surface area contributed by atoms with Crippen LogP contribution in [-0.2, 0) is 0 Å². The molecule has 13 heavy (non-hydrogen) atoms. The second kappa shape index (κ2) is 3.76. The van der Waals surface area contributed by atoms with Gasteiger partial charge in [0.2, 0.25) is 0 Å². The number of allylic oxidation sites excluding steroid dienone is 1. The van der Waals surface area contributed by atoms with Crippen molar-refractivity contribution in [1.82, 2.24) is 0 Å². The second-order valence-electron chi connectivity index (χ2n) is 2.55. The highest BCUT2D eigenvalue weighted by Gasteiger charge is 2.08. The fraction of sp³-hybridized carbons (Fsp3) is 0.100. The van der Waals surface area contributed by atoms with Crippen molar-refractivity contribution < 1.29 is 15.0 Å². The lowest BCUT2D eigenvalue weighted by Gasteiger charge is -2.03. The van der Waals surface area contributed by atoms with Crippen LogP contribution in [0, 0.1) is 0 Å². The first kappa shape index (κ1) is 9.32. The van der Waals surface area contributed by atoms with E-state index in [1.165, 1.54) is 6.07 Å². The van der Waals surface area contributed by atoms with Crippen LogP contribution in [0.1, 0.15) is 22.8 Å². The largest absolute Gasteiger partial charge is 0.504 e. The van der Waals surface area contributed by atoms with Gasteiger partial charge < -0.3 is 10.2 Å². The van der Waals surface area contributed by atoms with Crippen LogP contribution in [0.5, 0.6) is 11.5 Å². The van der Waals surface area contributed by atoms with Gasteiger partial charge in [0.05, 0.1) is 5.56 Å². The highest BCUT2D eigenvalue weighted by atomic mass is 16.3. The Morgan fingerprint density at radius 2 is 2.00 bits per heavy atom. The lowest BCUT2D eigenvalue weighted by molar-refractivity contribution is 0.112. The summed E-state index contributed by atoms with van der Waals surface area (Å²) in [6, 6.07) is 2.91. The molecule has 1 aromatic rings. The van der Waals surface area contributed by atoms with Crippen molar-refractivity contribution in [2.75, 3.05) is 0 Å². The van der Waals surface area contributed by atoms with Crippen LogP contribution in [-0.4, -0.2) is 16.5 Å². The molecule has 0 radical (unpaired) electrons. The second-order valence-corrected chi connectivity index (χ2v) is 2.55. The number of aldehydes is 1. The zero-order valence-electron chi connectivity index (χ0n) is 7.19. The number of rotatable bonds is 2. The summed E-state index contributed by atoms with van der Waals surface area (Å²) in [4.78, 5) is 10.6. The molecule has 3 heteroatoms. The van der Waals surface area contributed by atoms with Gasteiger partial charge in [-0.25, -0.2) is 0 Å². The van der Waals surface area contributed by atoms with Crippen molar-refractivity contribution >= 4 is 12.4 Å². The molecule has 0 aromatic heterocycles. The smallest absolute Gasteiger partial charge is 0.168 e. The first-order valence-electron chi connectivity index (χ1n) is 3.83. The van der Waals surface area contributed by atoms with Crippen LogP contribution < -0.4 is 0 Å². The van der Waals surface area contributed by atoms with Gasteiger partial charge in [-0.2, -0.15) is 0 Å². The molecule has 0 spiro atoms. The van der Waals surface area contributed by atoms with Crippen LogP contribution in [0.3, 0.4) is 0 Å². The molecule has 3 nitrogen and oxygen atoms in total. The van der Waals surface area contributed by atoms with Crippen molar-refractivity contribution in [3.63, 3.8) is 0 Å². The number of benzene rings is 1. The Kier molecular flexibility index (Phi) is 2.69. The van der Waals surface area contributed by atoms with E-state index in [9.17, 15) is 9.90 Å². The molecule has 0 aliphatic heterocycles. The van der Waals surface area contributed by atoms with Gasteiger partial charge in [-0.3, -0.25) is 4.79 Å². The van der Waals surface area contributed by atoms with Crippen LogP contribution in [0.25, 0.3) is 6.08 Å². The molecule has 0 aliphatic carbocycles. The zero-order chi connectivity index (χ0) is 9.84. The number of aromatic hydroxyl groups is 2. The highest BCUT2D eigenvalue weighted by Crippen LogP contribution is 2.30. The standard InChI is InChI=1S/C10H10O3/c1-2-3-7-4-5-9(12)10(13)8(7)6-11/h2-6,12-13H,1H3/b3-2+.